The molecular weight excluding hydrogens is 469 g/mol. The molecule has 1 amide bonds. The minimum Gasteiger partial charge on any atom is -0.490 e. The molecule has 0 atom stereocenters. The van der Waals surface area contributed by atoms with E-state index in [0.29, 0.717) is 24.5 Å². The largest absolute Gasteiger partial charge is 0.490 e. The zero-order valence-electron chi connectivity index (χ0n) is 18.1. The maximum absolute atomic E-state index is 12.6. The van der Waals surface area contributed by atoms with Gasteiger partial charge in [0.25, 0.3) is 5.91 Å². The number of alkyl halides is 3. The van der Waals surface area contributed by atoms with Gasteiger partial charge in [-0.1, -0.05) is 41.2 Å². The quantitative estimate of drug-likeness (QED) is 0.267. The first-order valence-corrected chi connectivity index (χ1v) is 10.7. The van der Waals surface area contributed by atoms with E-state index in [-0.39, 0.29) is 22.0 Å². The number of aryl methyl sites for hydroxylation is 2. The first kappa shape index (κ1) is 24.7. The molecule has 0 saturated heterocycles. The third kappa shape index (κ3) is 6.79. The lowest BCUT2D eigenvalue weighted by Crippen LogP contribution is -2.13. The number of rotatable bonds is 8. The minimum atomic E-state index is -4.66. The Balaban J connectivity index is 1.54. The molecule has 0 aliphatic rings. The van der Waals surface area contributed by atoms with Gasteiger partial charge in [0.15, 0.2) is 0 Å². The van der Waals surface area contributed by atoms with Gasteiger partial charge in [0.1, 0.15) is 36.4 Å². The van der Waals surface area contributed by atoms with Gasteiger partial charge in [0, 0.05) is 0 Å². The van der Waals surface area contributed by atoms with E-state index in [9.17, 15) is 23.2 Å². The molecule has 1 heterocycles. The maximum atomic E-state index is 12.6. The predicted molar refractivity (Wildman–Crippen MR) is 120 cm³/mol. The Morgan fingerprint density at radius 3 is 2.44 bits per heavy atom. The number of hydrogen-bond acceptors (Lipinski definition) is 7. The number of benzene rings is 2. The second kappa shape index (κ2) is 10.8. The zero-order valence-corrected chi connectivity index (χ0v) is 19.0. The molecule has 176 valence electrons. The molecule has 7 nitrogen and oxygen atoms in total. The van der Waals surface area contributed by atoms with Gasteiger partial charge in [-0.05, 0) is 49.2 Å². The molecule has 0 bridgehead atoms. The Kier molecular flexibility index (Phi) is 7.86. The standard InChI is InChI=1S/C23H19F3N4O3S/c1-14-3-8-19(15(2)11-14)33-10-9-32-18-6-4-16(5-7-18)12-17(13-27)20(31)28-22-30-29-21(34-22)23(24,25)26/h3-8,11-12H,9-10H2,1-2H3,(H,28,30,31)/b17-12-. The van der Waals surface area contributed by atoms with Gasteiger partial charge in [0.05, 0.1) is 0 Å². The maximum Gasteiger partial charge on any atom is 0.445 e. The number of hydrogen-bond donors (Lipinski definition) is 1. The summed E-state index contributed by atoms with van der Waals surface area (Å²) in [6, 6.07) is 14.2. The summed E-state index contributed by atoms with van der Waals surface area (Å²) in [5, 5.41) is 16.1. The van der Waals surface area contributed by atoms with Crippen LogP contribution in [0.15, 0.2) is 48.0 Å². The zero-order chi connectivity index (χ0) is 24.7. The van der Waals surface area contributed by atoms with Crippen LogP contribution in [0, 0.1) is 25.2 Å². The molecule has 1 aromatic heterocycles. The number of nitriles is 1. The Morgan fingerprint density at radius 2 is 1.82 bits per heavy atom. The van der Waals surface area contributed by atoms with Crippen LogP contribution in [0.3, 0.4) is 0 Å². The van der Waals surface area contributed by atoms with E-state index in [1.807, 2.05) is 32.0 Å². The highest BCUT2D eigenvalue weighted by Gasteiger charge is 2.35. The van der Waals surface area contributed by atoms with Crippen molar-refractivity contribution in [3.8, 4) is 17.6 Å². The third-order valence-electron chi connectivity index (χ3n) is 4.38. The van der Waals surface area contributed by atoms with E-state index in [0.717, 1.165) is 16.9 Å². The van der Waals surface area contributed by atoms with Crippen LogP contribution in [0.2, 0.25) is 0 Å². The van der Waals surface area contributed by atoms with Crippen LogP contribution < -0.4 is 14.8 Å². The third-order valence-corrected chi connectivity index (χ3v) is 5.27. The Labute approximate surface area is 197 Å². The van der Waals surface area contributed by atoms with Crippen LogP contribution in [-0.2, 0) is 11.0 Å². The fraction of sp³-hybridized carbons (Fsp3) is 0.217. The van der Waals surface area contributed by atoms with Gasteiger partial charge >= 0.3 is 6.18 Å². The highest BCUT2D eigenvalue weighted by atomic mass is 32.1. The van der Waals surface area contributed by atoms with Gasteiger partial charge in [0.2, 0.25) is 10.1 Å². The molecule has 11 heteroatoms. The number of nitrogens with zero attached hydrogens (tertiary/aromatic N) is 3. The van der Waals surface area contributed by atoms with E-state index < -0.39 is 17.1 Å². The molecule has 0 aliphatic heterocycles. The molecule has 3 aromatic rings. The van der Waals surface area contributed by atoms with E-state index >= 15 is 0 Å². The highest BCUT2D eigenvalue weighted by Crippen LogP contribution is 2.33. The number of ether oxygens (including phenoxy) is 2. The molecule has 3 rings (SSSR count). The van der Waals surface area contributed by atoms with E-state index in [1.165, 1.54) is 6.08 Å². The Hall–Kier alpha value is -3.91. The number of carbonyl (C=O) groups excluding carboxylic acids is 1. The van der Waals surface area contributed by atoms with Crippen molar-refractivity contribution in [2.45, 2.75) is 20.0 Å². The number of carbonyl (C=O) groups is 1. The first-order chi connectivity index (χ1) is 16.2. The number of aromatic nitrogens is 2. The average Bonchev–Trinajstić information content (AvgIpc) is 3.26. The summed E-state index contributed by atoms with van der Waals surface area (Å²) in [6.07, 6.45) is -3.36. The van der Waals surface area contributed by atoms with Crippen molar-refractivity contribution < 1.29 is 27.4 Å². The fourth-order valence-electron chi connectivity index (χ4n) is 2.80. The Bertz CT molecular complexity index is 1230. The van der Waals surface area contributed by atoms with Crippen molar-refractivity contribution in [2.75, 3.05) is 18.5 Å². The van der Waals surface area contributed by atoms with Gasteiger partial charge in [-0.2, -0.15) is 18.4 Å². The van der Waals surface area contributed by atoms with Crippen molar-refractivity contribution in [1.82, 2.24) is 10.2 Å². The van der Waals surface area contributed by atoms with Crippen molar-refractivity contribution in [2.24, 2.45) is 0 Å². The smallest absolute Gasteiger partial charge is 0.445 e. The highest BCUT2D eigenvalue weighted by molar-refractivity contribution is 7.15. The number of anilines is 1. The van der Waals surface area contributed by atoms with E-state index in [2.05, 4.69) is 15.5 Å². The van der Waals surface area contributed by atoms with Crippen LogP contribution in [0.25, 0.3) is 6.08 Å². The molecule has 2 aromatic carbocycles. The minimum absolute atomic E-state index is 0.171. The van der Waals surface area contributed by atoms with Crippen LogP contribution in [0.1, 0.15) is 21.7 Å². The van der Waals surface area contributed by atoms with Crippen molar-refractivity contribution in [3.05, 3.63) is 69.7 Å². The second-order valence-electron chi connectivity index (χ2n) is 7.07. The fourth-order valence-corrected chi connectivity index (χ4v) is 3.41. The number of amides is 1. The van der Waals surface area contributed by atoms with E-state index in [4.69, 9.17) is 9.47 Å². The lowest BCUT2D eigenvalue weighted by atomic mass is 10.1. The molecule has 1 N–H and O–H groups in total. The first-order valence-electron chi connectivity index (χ1n) is 9.92. The van der Waals surface area contributed by atoms with Crippen molar-refractivity contribution in [1.29, 1.82) is 5.26 Å². The van der Waals surface area contributed by atoms with Crippen molar-refractivity contribution in [3.63, 3.8) is 0 Å². The SMILES string of the molecule is Cc1ccc(OCCOc2ccc(/C=C(/C#N)C(=O)Nc3nnc(C(F)(F)F)s3)cc2)c(C)c1. The van der Waals surface area contributed by atoms with Gasteiger partial charge in [-0.25, -0.2) is 0 Å². The molecule has 0 unspecified atom stereocenters. The van der Waals surface area contributed by atoms with Crippen molar-refractivity contribution >= 4 is 28.5 Å². The number of halogens is 3. The van der Waals surface area contributed by atoms with Crippen LogP contribution >= 0.6 is 11.3 Å². The van der Waals surface area contributed by atoms with Crippen LogP contribution in [0.4, 0.5) is 18.3 Å². The number of nitrogens with one attached hydrogen (secondary N) is 1. The summed E-state index contributed by atoms with van der Waals surface area (Å²) in [5.74, 6) is 0.467. The second-order valence-corrected chi connectivity index (χ2v) is 8.05. The predicted octanol–water partition coefficient (Wildman–Crippen LogP) is 5.18. The lowest BCUT2D eigenvalue weighted by molar-refractivity contribution is -0.138. The summed E-state index contributed by atoms with van der Waals surface area (Å²) in [5.41, 5.74) is 2.42. The summed E-state index contributed by atoms with van der Waals surface area (Å²) < 4.78 is 49.2. The average molecular weight is 488 g/mol. The molecule has 0 aliphatic carbocycles. The molecular formula is C23H19F3N4O3S. The van der Waals surface area contributed by atoms with E-state index in [1.54, 1.807) is 30.3 Å². The normalized spacial score (nSPS) is 11.6. The molecule has 0 spiro atoms. The van der Waals surface area contributed by atoms with Gasteiger partial charge < -0.3 is 9.47 Å². The monoisotopic (exact) mass is 488 g/mol. The van der Waals surface area contributed by atoms with Crippen LogP contribution in [0.5, 0.6) is 11.5 Å². The summed E-state index contributed by atoms with van der Waals surface area (Å²) in [6.45, 7) is 4.65. The summed E-state index contributed by atoms with van der Waals surface area (Å²) in [7, 11) is 0. The lowest BCUT2D eigenvalue weighted by Gasteiger charge is -2.11. The summed E-state index contributed by atoms with van der Waals surface area (Å²) >= 11 is 0.171. The Morgan fingerprint density at radius 1 is 1.12 bits per heavy atom. The topological polar surface area (TPSA) is 97.1 Å². The molecule has 34 heavy (non-hydrogen) atoms. The molecule has 0 saturated carbocycles. The van der Waals surface area contributed by atoms with Gasteiger partial charge in [-0.15, -0.1) is 10.2 Å². The van der Waals surface area contributed by atoms with Gasteiger partial charge in [-0.3, -0.25) is 10.1 Å². The summed E-state index contributed by atoms with van der Waals surface area (Å²) in [4.78, 5) is 12.2. The molecule has 0 radical (unpaired) electrons. The molecule has 0 fully saturated rings. The van der Waals surface area contributed by atoms with Crippen LogP contribution in [-0.4, -0.2) is 29.3 Å².